The highest BCUT2D eigenvalue weighted by molar-refractivity contribution is 5.69. The second-order valence-corrected chi connectivity index (χ2v) is 14.1. The molecule has 0 aromatic heterocycles. The van der Waals surface area contributed by atoms with Crippen molar-refractivity contribution in [3.8, 4) is 0 Å². The lowest BCUT2D eigenvalue weighted by Crippen LogP contribution is -2.25. The highest BCUT2D eigenvalue weighted by atomic mass is 16.6. The lowest BCUT2D eigenvalue weighted by Gasteiger charge is -2.12. The zero-order valence-corrected chi connectivity index (χ0v) is 32.0. The summed E-state index contributed by atoms with van der Waals surface area (Å²) >= 11 is 0. The minimum atomic E-state index is -0.995. The van der Waals surface area contributed by atoms with E-state index in [0.29, 0.717) is 19.3 Å². The quantitative estimate of drug-likeness (QED) is 0.0391. The molecule has 0 spiro atoms. The van der Waals surface area contributed by atoms with Crippen LogP contribution in [0.5, 0.6) is 0 Å². The Bertz CT molecular complexity index is 858. The highest BCUT2D eigenvalue weighted by Gasteiger charge is 2.12. The van der Waals surface area contributed by atoms with Crippen LogP contribution in [0.1, 0.15) is 181 Å². The molecule has 0 aromatic carbocycles. The second kappa shape index (κ2) is 37.1. The number of hydrogen-bond donors (Lipinski definition) is 2. The highest BCUT2D eigenvalue weighted by Crippen LogP contribution is 2.15. The predicted octanol–water partition coefficient (Wildman–Crippen LogP) is 11.4. The molecule has 0 bridgehead atoms. The van der Waals surface area contributed by atoms with E-state index >= 15 is 0 Å². The van der Waals surface area contributed by atoms with Gasteiger partial charge < -0.3 is 19.7 Å². The average molecular weight is 689 g/mol. The summed E-state index contributed by atoms with van der Waals surface area (Å²) in [6.45, 7) is 6.41. The van der Waals surface area contributed by atoms with E-state index in [4.69, 9.17) is 9.47 Å². The fourth-order valence-corrected chi connectivity index (χ4v) is 5.51. The molecule has 2 atom stereocenters. The summed E-state index contributed by atoms with van der Waals surface area (Å²) in [4.78, 5) is 23.9. The molecule has 0 aromatic rings. The number of allylic oxidation sites excluding steroid dienone is 7. The van der Waals surface area contributed by atoms with Crippen molar-refractivity contribution in [2.75, 3.05) is 13.2 Å². The van der Waals surface area contributed by atoms with Crippen molar-refractivity contribution in [1.82, 2.24) is 0 Å². The third-order valence-corrected chi connectivity index (χ3v) is 8.55. The van der Waals surface area contributed by atoms with Gasteiger partial charge in [-0.1, -0.05) is 166 Å². The first kappa shape index (κ1) is 46.8. The van der Waals surface area contributed by atoms with Gasteiger partial charge in [-0.2, -0.15) is 0 Å². The van der Waals surface area contributed by atoms with Crippen LogP contribution < -0.4 is 0 Å². The van der Waals surface area contributed by atoms with Crippen LogP contribution in [-0.4, -0.2) is 47.6 Å². The largest absolute Gasteiger partial charge is 0.463 e. The number of carbonyl (C=O) groups is 2. The Labute approximate surface area is 301 Å². The van der Waals surface area contributed by atoms with Gasteiger partial charge in [0.25, 0.3) is 0 Å². The van der Waals surface area contributed by atoms with Gasteiger partial charge in [-0.05, 0) is 57.3 Å². The summed E-state index contributed by atoms with van der Waals surface area (Å²) in [6.07, 6.45) is 42.3. The fraction of sp³-hybridized carbons (Fsp3) is 0.767. The fourth-order valence-electron chi connectivity index (χ4n) is 5.51. The number of ether oxygens (including phenoxy) is 2. The average Bonchev–Trinajstić information content (AvgIpc) is 3.07. The van der Waals surface area contributed by atoms with Crippen molar-refractivity contribution in [1.29, 1.82) is 0 Å². The van der Waals surface area contributed by atoms with Gasteiger partial charge in [-0.3, -0.25) is 9.59 Å². The number of carbonyl (C=O) groups excluding carboxylic acids is 2. The first-order valence-electron chi connectivity index (χ1n) is 20.1. The summed E-state index contributed by atoms with van der Waals surface area (Å²) in [6, 6.07) is 0. The van der Waals surface area contributed by atoms with E-state index in [0.717, 1.165) is 70.1 Å². The Kier molecular flexibility index (Phi) is 35.4. The summed E-state index contributed by atoms with van der Waals surface area (Å²) < 4.78 is 10.3. The maximum Gasteiger partial charge on any atom is 0.305 e. The topological polar surface area (TPSA) is 93.1 Å². The van der Waals surface area contributed by atoms with Crippen molar-refractivity contribution in [2.24, 2.45) is 5.92 Å². The number of rotatable bonds is 35. The first-order valence-corrected chi connectivity index (χ1v) is 20.1. The van der Waals surface area contributed by atoms with Crippen molar-refractivity contribution in [3.63, 3.8) is 0 Å². The zero-order chi connectivity index (χ0) is 36.0. The van der Waals surface area contributed by atoms with Crippen LogP contribution >= 0.6 is 0 Å². The van der Waals surface area contributed by atoms with Gasteiger partial charge in [0.05, 0.1) is 6.10 Å². The molecular weight excluding hydrogens is 612 g/mol. The molecular formula is C43H76O6. The minimum absolute atomic E-state index is 0.141. The Hall–Kier alpha value is -2.18. The zero-order valence-electron chi connectivity index (χ0n) is 32.0. The van der Waals surface area contributed by atoms with E-state index in [9.17, 15) is 19.8 Å². The number of unbranched alkanes of at least 4 members (excludes halogenated alkanes) is 14. The molecule has 1 unspecified atom stereocenters. The summed E-state index contributed by atoms with van der Waals surface area (Å²) in [7, 11) is 0. The van der Waals surface area contributed by atoms with Crippen LogP contribution in [0.15, 0.2) is 48.6 Å². The Morgan fingerprint density at radius 3 is 1.39 bits per heavy atom. The standard InChI is InChI=1S/C43H76O6/c1-4-32-40(44)34-29-25-21-17-13-9-7-11-15-19-23-27-31-36-43(47)49-38-41(45)37-48-42(46)35-30-26-22-18-14-10-6-5-8-12-16-20-24-28-33-39(2)3/h7,11,13,17,19,23,25,29,39-41,44-45H,4-6,8-10,12,14-16,18,20-22,24,26-28,30-38H2,1-3H3/b11-7-,17-13-,23-19-,29-25-/t40?,41-/m1/s1. The van der Waals surface area contributed by atoms with E-state index in [2.05, 4.69) is 69.4 Å². The normalized spacial score (nSPS) is 13.4. The van der Waals surface area contributed by atoms with E-state index in [-0.39, 0.29) is 31.3 Å². The maximum absolute atomic E-state index is 12.0. The van der Waals surface area contributed by atoms with Crippen molar-refractivity contribution >= 4 is 11.9 Å². The van der Waals surface area contributed by atoms with Gasteiger partial charge in [0.1, 0.15) is 19.3 Å². The van der Waals surface area contributed by atoms with Gasteiger partial charge in [0, 0.05) is 12.8 Å². The first-order chi connectivity index (χ1) is 23.8. The van der Waals surface area contributed by atoms with Crippen LogP contribution in [0, 0.1) is 5.92 Å². The summed E-state index contributed by atoms with van der Waals surface area (Å²) in [5, 5.41) is 19.7. The molecule has 6 nitrogen and oxygen atoms in total. The third kappa shape index (κ3) is 38.5. The van der Waals surface area contributed by atoms with Crippen molar-refractivity contribution in [2.45, 2.75) is 193 Å². The molecule has 0 aliphatic rings. The van der Waals surface area contributed by atoms with Crippen LogP contribution in [0.4, 0.5) is 0 Å². The lowest BCUT2D eigenvalue weighted by molar-refractivity contribution is -0.152. The molecule has 0 radical (unpaired) electrons. The van der Waals surface area contributed by atoms with E-state index < -0.39 is 6.10 Å². The maximum atomic E-state index is 12.0. The summed E-state index contributed by atoms with van der Waals surface area (Å²) in [5.74, 6) is 0.199. The molecule has 0 fully saturated rings. The van der Waals surface area contributed by atoms with E-state index in [1.165, 1.54) is 77.0 Å². The molecule has 0 aliphatic carbocycles. The minimum Gasteiger partial charge on any atom is -0.463 e. The van der Waals surface area contributed by atoms with Crippen LogP contribution in [0.2, 0.25) is 0 Å². The Morgan fingerprint density at radius 2 is 0.918 bits per heavy atom. The number of aliphatic hydroxyl groups is 2. The molecule has 0 saturated heterocycles. The molecule has 2 N–H and O–H groups in total. The van der Waals surface area contributed by atoms with Gasteiger partial charge in [-0.25, -0.2) is 0 Å². The van der Waals surface area contributed by atoms with Gasteiger partial charge >= 0.3 is 11.9 Å². The molecule has 49 heavy (non-hydrogen) atoms. The van der Waals surface area contributed by atoms with Crippen molar-refractivity contribution in [3.05, 3.63) is 48.6 Å². The molecule has 0 heterocycles. The van der Waals surface area contributed by atoms with Gasteiger partial charge in [0.15, 0.2) is 0 Å². The second-order valence-electron chi connectivity index (χ2n) is 14.1. The van der Waals surface area contributed by atoms with Gasteiger partial charge in [0.2, 0.25) is 0 Å². The van der Waals surface area contributed by atoms with Crippen molar-refractivity contribution < 1.29 is 29.3 Å². The summed E-state index contributed by atoms with van der Waals surface area (Å²) in [5.41, 5.74) is 0. The predicted molar refractivity (Wildman–Crippen MR) is 206 cm³/mol. The third-order valence-electron chi connectivity index (χ3n) is 8.55. The van der Waals surface area contributed by atoms with E-state index in [1.54, 1.807) is 0 Å². The monoisotopic (exact) mass is 689 g/mol. The Morgan fingerprint density at radius 1 is 0.510 bits per heavy atom. The van der Waals surface area contributed by atoms with Crippen LogP contribution in [0.3, 0.4) is 0 Å². The smallest absolute Gasteiger partial charge is 0.305 e. The SMILES string of the molecule is CCCC(O)C/C=C\C/C=C\C/C=C\C/C=C\CCCC(=O)OC[C@H](O)COC(=O)CCCCCCCCCCCCCCCCC(C)C. The molecule has 0 rings (SSSR count). The number of hydrogen-bond acceptors (Lipinski definition) is 6. The van der Waals surface area contributed by atoms with E-state index in [1.807, 2.05) is 0 Å². The van der Waals surface area contributed by atoms with Crippen LogP contribution in [0.25, 0.3) is 0 Å². The van der Waals surface area contributed by atoms with Gasteiger partial charge in [-0.15, -0.1) is 0 Å². The molecule has 6 heteroatoms. The Balaban J connectivity index is 3.54. The van der Waals surface area contributed by atoms with Crippen LogP contribution in [-0.2, 0) is 19.1 Å². The molecule has 0 aliphatic heterocycles. The lowest BCUT2D eigenvalue weighted by atomic mass is 10.0. The molecule has 284 valence electrons. The molecule has 0 saturated carbocycles. The molecule has 0 amide bonds. The number of esters is 2. The number of aliphatic hydroxyl groups excluding tert-OH is 2.